The molecule has 2 amide bonds. The van der Waals surface area contributed by atoms with Crippen molar-refractivity contribution in [2.75, 3.05) is 33.2 Å². The molecule has 0 aromatic heterocycles. The summed E-state index contributed by atoms with van der Waals surface area (Å²) in [4.78, 5) is 25.1. The minimum Gasteiger partial charge on any atom is -0.347 e. The molecule has 0 saturated carbocycles. The average molecular weight is 292 g/mol. The van der Waals surface area contributed by atoms with Gasteiger partial charge in [0.05, 0.1) is 6.54 Å². The summed E-state index contributed by atoms with van der Waals surface area (Å²) in [6.07, 6.45) is 3.54. The Hall–Kier alpha value is -0.810. The maximum absolute atomic E-state index is 11.9. The Morgan fingerprint density at radius 1 is 1.37 bits per heavy atom. The first-order chi connectivity index (χ1) is 8.67. The first kappa shape index (κ1) is 18.2. The van der Waals surface area contributed by atoms with Crippen LogP contribution in [-0.2, 0) is 9.59 Å². The molecule has 19 heavy (non-hydrogen) atoms. The molecule has 0 aliphatic carbocycles. The van der Waals surface area contributed by atoms with Crippen LogP contribution < -0.4 is 10.6 Å². The number of piperidine rings is 1. The number of nitrogens with one attached hydrogen (secondary N) is 2. The molecule has 0 aromatic rings. The van der Waals surface area contributed by atoms with Crippen LogP contribution in [0.5, 0.6) is 0 Å². The minimum absolute atomic E-state index is 0. The molecule has 6 heteroatoms. The molecule has 0 bridgehead atoms. The summed E-state index contributed by atoms with van der Waals surface area (Å²) >= 11 is 0. The lowest BCUT2D eigenvalue weighted by molar-refractivity contribution is -0.134. The van der Waals surface area contributed by atoms with Crippen LogP contribution in [0.2, 0.25) is 0 Å². The van der Waals surface area contributed by atoms with E-state index in [9.17, 15) is 9.59 Å². The molecule has 5 nitrogen and oxygen atoms in total. The van der Waals surface area contributed by atoms with Crippen LogP contribution in [-0.4, -0.2) is 49.9 Å². The van der Waals surface area contributed by atoms with E-state index in [0.29, 0.717) is 12.3 Å². The Kier molecular flexibility index (Phi) is 9.61. The first-order valence-corrected chi connectivity index (χ1v) is 6.86. The fraction of sp³-hybridized carbons (Fsp3) is 0.846. The lowest BCUT2D eigenvalue weighted by Gasteiger charge is -2.32. The molecule has 1 saturated heterocycles. The van der Waals surface area contributed by atoms with Crippen LogP contribution in [0, 0.1) is 5.92 Å². The van der Waals surface area contributed by atoms with Gasteiger partial charge in [-0.2, -0.15) is 0 Å². The molecular formula is C13H26ClN3O2. The van der Waals surface area contributed by atoms with Crippen molar-refractivity contribution in [2.24, 2.45) is 5.92 Å². The molecule has 1 atom stereocenters. The Morgan fingerprint density at radius 2 is 2.11 bits per heavy atom. The van der Waals surface area contributed by atoms with E-state index < -0.39 is 0 Å². The Balaban J connectivity index is 0.00000324. The summed E-state index contributed by atoms with van der Waals surface area (Å²) in [7, 11) is 1.94. The van der Waals surface area contributed by atoms with E-state index in [0.717, 1.165) is 32.5 Å². The van der Waals surface area contributed by atoms with Crippen LogP contribution in [0.1, 0.15) is 32.6 Å². The van der Waals surface area contributed by atoms with Crippen molar-refractivity contribution in [3.8, 4) is 0 Å². The van der Waals surface area contributed by atoms with Gasteiger partial charge in [-0.25, -0.2) is 0 Å². The van der Waals surface area contributed by atoms with Crippen molar-refractivity contribution in [1.82, 2.24) is 15.5 Å². The lowest BCUT2D eigenvalue weighted by atomic mass is 9.98. The molecule has 1 aliphatic heterocycles. The maximum atomic E-state index is 11.9. The van der Waals surface area contributed by atoms with Gasteiger partial charge in [0.15, 0.2) is 0 Å². The van der Waals surface area contributed by atoms with Gasteiger partial charge in [-0.15, -0.1) is 12.4 Å². The standard InChI is InChI=1S/C13H25N3O2.ClH/c1-3-5-12(17)15-9-13(18)16-7-4-6-11(10-16)8-14-2;/h11,14H,3-10H2,1-2H3,(H,15,17);1H. The van der Waals surface area contributed by atoms with Crippen LogP contribution in [0.15, 0.2) is 0 Å². The number of halogens is 1. The predicted octanol–water partition coefficient (Wildman–Crippen LogP) is 0.782. The molecule has 112 valence electrons. The van der Waals surface area contributed by atoms with E-state index >= 15 is 0 Å². The molecule has 2 N–H and O–H groups in total. The van der Waals surface area contributed by atoms with Gasteiger partial charge in [0, 0.05) is 19.5 Å². The fourth-order valence-corrected chi connectivity index (χ4v) is 2.35. The van der Waals surface area contributed by atoms with Gasteiger partial charge in [0.1, 0.15) is 0 Å². The van der Waals surface area contributed by atoms with Gasteiger partial charge in [-0.1, -0.05) is 6.92 Å². The summed E-state index contributed by atoms with van der Waals surface area (Å²) in [6.45, 7) is 4.68. The first-order valence-electron chi connectivity index (χ1n) is 6.86. The van der Waals surface area contributed by atoms with Crippen LogP contribution in [0.3, 0.4) is 0 Å². The van der Waals surface area contributed by atoms with Crippen LogP contribution in [0.25, 0.3) is 0 Å². The Morgan fingerprint density at radius 3 is 2.74 bits per heavy atom. The van der Waals surface area contributed by atoms with E-state index in [4.69, 9.17) is 0 Å². The van der Waals surface area contributed by atoms with E-state index in [2.05, 4.69) is 10.6 Å². The third kappa shape index (κ3) is 6.78. The Bertz CT molecular complexity index is 285. The summed E-state index contributed by atoms with van der Waals surface area (Å²) in [5.74, 6) is 0.550. The quantitative estimate of drug-likeness (QED) is 0.760. The summed E-state index contributed by atoms with van der Waals surface area (Å²) in [6, 6.07) is 0. The zero-order valence-corrected chi connectivity index (χ0v) is 12.7. The highest BCUT2D eigenvalue weighted by molar-refractivity contribution is 5.85. The predicted molar refractivity (Wildman–Crippen MR) is 78.4 cm³/mol. The zero-order valence-electron chi connectivity index (χ0n) is 11.9. The molecule has 0 aromatic carbocycles. The van der Waals surface area contributed by atoms with Gasteiger partial charge in [0.2, 0.25) is 11.8 Å². The molecule has 0 radical (unpaired) electrons. The third-order valence-electron chi connectivity index (χ3n) is 3.28. The highest BCUT2D eigenvalue weighted by atomic mass is 35.5. The SMILES string of the molecule is CCCC(=O)NCC(=O)N1CCCC(CNC)C1.Cl. The third-order valence-corrected chi connectivity index (χ3v) is 3.28. The molecular weight excluding hydrogens is 266 g/mol. The smallest absolute Gasteiger partial charge is 0.241 e. The van der Waals surface area contributed by atoms with Crippen molar-refractivity contribution in [3.63, 3.8) is 0 Å². The van der Waals surface area contributed by atoms with Gasteiger partial charge in [0.25, 0.3) is 0 Å². The van der Waals surface area contributed by atoms with Gasteiger partial charge < -0.3 is 15.5 Å². The number of amides is 2. The number of hydrogen-bond donors (Lipinski definition) is 2. The van der Waals surface area contributed by atoms with Gasteiger partial charge >= 0.3 is 0 Å². The largest absolute Gasteiger partial charge is 0.347 e. The van der Waals surface area contributed by atoms with Crippen molar-refractivity contribution in [1.29, 1.82) is 0 Å². The normalized spacial score (nSPS) is 18.6. The Labute approximate surface area is 121 Å². The van der Waals surface area contributed by atoms with E-state index in [1.807, 2.05) is 18.9 Å². The second kappa shape index (κ2) is 10.0. The zero-order chi connectivity index (χ0) is 13.4. The number of rotatable bonds is 6. The van der Waals surface area contributed by atoms with E-state index in [1.54, 1.807) is 0 Å². The molecule has 0 spiro atoms. The van der Waals surface area contributed by atoms with Crippen molar-refractivity contribution >= 4 is 24.2 Å². The molecule has 1 fully saturated rings. The van der Waals surface area contributed by atoms with Crippen molar-refractivity contribution in [3.05, 3.63) is 0 Å². The fourth-order valence-electron chi connectivity index (χ4n) is 2.35. The average Bonchev–Trinajstić information content (AvgIpc) is 2.37. The number of likely N-dealkylation sites (tertiary alicyclic amines) is 1. The number of carbonyl (C=O) groups is 2. The number of nitrogens with zero attached hydrogens (tertiary/aromatic N) is 1. The van der Waals surface area contributed by atoms with Crippen molar-refractivity contribution < 1.29 is 9.59 Å². The number of hydrogen-bond acceptors (Lipinski definition) is 3. The second-order valence-electron chi connectivity index (χ2n) is 4.93. The molecule has 1 unspecified atom stereocenters. The van der Waals surface area contributed by atoms with Gasteiger partial charge in [-0.3, -0.25) is 9.59 Å². The van der Waals surface area contributed by atoms with Crippen LogP contribution >= 0.6 is 12.4 Å². The minimum atomic E-state index is -0.0327. The summed E-state index contributed by atoms with van der Waals surface area (Å²) in [5.41, 5.74) is 0. The molecule has 1 rings (SSSR count). The summed E-state index contributed by atoms with van der Waals surface area (Å²) < 4.78 is 0. The van der Waals surface area contributed by atoms with Gasteiger partial charge in [-0.05, 0) is 38.8 Å². The molecule has 1 heterocycles. The highest BCUT2D eigenvalue weighted by Gasteiger charge is 2.23. The van der Waals surface area contributed by atoms with E-state index in [-0.39, 0.29) is 30.8 Å². The summed E-state index contributed by atoms with van der Waals surface area (Å²) in [5, 5.41) is 5.84. The maximum Gasteiger partial charge on any atom is 0.241 e. The van der Waals surface area contributed by atoms with E-state index in [1.165, 1.54) is 6.42 Å². The molecule has 1 aliphatic rings. The lowest BCUT2D eigenvalue weighted by Crippen LogP contribution is -2.46. The van der Waals surface area contributed by atoms with Crippen molar-refractivity contribution in [2.45, 2.75) is 32.6 Å². The second-order valence-corrected chi connectivity index (χ2v) is 4.93. The monoisotopic (exact) mass is 291 g/mol. The topological polar surface area (TPSA) is 61.4 Å². The van der Waals surface area contributed by atoms with Crippen LogP contribution in [0.4, 0.5) is 0 Å². The highest BCUT2D eigenvalue weighted by Crippen LogP contribution is 2.15. The number of carbonyl (C=O) groups excluding carboxylic acids is 2.